The van der Waals surface area contributed by atoms with Crippen molar-refractivity contribution in [1.29, 1.82) is 0 Å². The SMILES string of the molecule is COc1cc(C)ccc1C(=O)c1cccc2cccnc12. The molecule has 0 aliphatic heterocycles. The van der Waals surface area contributed by atoms with Gasteiger partial charge in [-0.05, 0) is 36.8 Å². The summed E-state index contributed by atoms with van der Waals surface area (Å²) in [6, 6.07) is 15.0. The number of benzene rings is 2. The van der Waals surface area contributed by atoms with Gasteiger partial charge in [0.25, 0.3) is 0 Å². The third-order valence-corrected chi connectivity index (χ3v) is 3.48. The average Bonchev–Trinajstić information content (AvgIpc) is 2.53. The van der Waals surface area contributed by atoms with Crippen LogP contribution in [0, 0.1) is 6.92 Å². The fourth-order valence-corrected chi connectivity index (χ4v) is 2.42. The van der Waals surface area contributed by atoms with Gasteiger partial charge in [0.15, 0.2) is 5.78 Å². The number of fused-ring (bicyclic) bond motifs is 1. The van der Waals surface area contributed by atoms with Gasteiger partial charge in [0.1, 0.15) is 5.75 Å². The average molecular weight is 277 g/mol. The lowest BCUT2D eigenvalue weighted by Crippen LogP contribution is -2.05. The van der Waals surface area contributed by atoms with Gasteiger partial charge in [-0.25, -0.2) is 0 Å². The number of aromatic nitrogens is 1. The van der Waals surface area contributed by atoms with Crippen LogP contribution in [0.5, 0.6) is 5.75 Å². The topological polar surface area (TPSA) is 39.2 Å². The van der Waals surface area contributed by atoms with E-state index in [-0.39, 0.29) is 5.78 Å². The monoisotopic (exact) mass is 277 g/mol. The van der Waals surface area contributed by atoms with E-state index in [1.807, 2.05) is 43.3 Å². The molecule has 0 radical (unpaired) electrons. The zero-order valence-corrected chi connectivity index (χ0v) is 12.0. The number of ketones is 1. The van der Waals surface area contributed by atoms with Gasteiger partial charge < -0.3 is 4.74 Å². The Balaban J connectivity index is 2.17. The van der Waals surface area contributed by atoms with Crippen molar-refractivity contribution in [2.24, 2.45) is 0 Å². The van der Waals surface area contributed by atoms with Gasteiger partial charge in [-0.3, -0.25) is 9.78 Å². The zero-order valence-electron chi connectivity index (χ0n) is 12.0. The van der Waals surface area contributed by atoms with Crippen LogP contribution in [0.3, 0.4) is 0 Å². The van der Waals surface area contributed by atoms with Crippen molar-refractivity contribution in [3.8, 4) is 5.75 Å². The summed E-state index contributed by atoms with van der Waals surface area (Å²) in [4.78, 5) is 17.2. The number of pyridine rings is 1. The van der Waals surface area contributed by atoms with Gasteiger partial charge >= 0.3 is 0 Å². The Morgan fingerprint density at radius 2 is 1.86 bits per heavy atom. The van der Waals surface area contributed by atoms with Crippen molar-refractivity contribution in [2.45, 2.75) is 6.92 Å². The fourth-order valence-electron chi connectivity index (χ4n) is 2.42. The molecule has 2 aromatic carbocycles. The molecule has 0 amide bonds. The molecule has 0 saturated heterocycles. The van der Waals surface area contributed by atoms with E-state index in [1.54, 1.807) is 25.4 Å². The molecule has 1 aromatic heterocycles. The molecule has 0 atom stereocenters. The molecule has 1 heterocycles. The maximum absolute atomic E-state index is 12.8. The van der Waals surface area contributed by atoms with Gasteiger partial charge in [0.05, 0.1) is 18.2 Å². The zero-order chi connectivity index (χ0) is 14.8. The lowest BCUT2D eigenvalue weighted by Gasteiger charge is -2.10. The van der Waals surface area contributed by atoms with Crippen LogP contribution in [0.2, 0.25) is 0 Å². The summed E-state index contributed by atoms with van der Waals surface area (Å²) in [7, 11) is 1.58. The third-order valence-electron chi connectivity index (χ3n) is 3.48. The van der Waals surface area contributed by atoms with Crippen molar-refractivity contribution in [3.05, 3.63) is 71.4 Å². The molecule has 0 aliphatic carbocycles. The highest BCUT2D eigenvalue weighted by atomic mass is 16.5. The molecule has 0 aliphatic rings. The summed E-state index contributed by atoms with van der Waals surface area (Å²) in [6.45, 7) is 1.97. The Morgan fingerprint density at radius 3 is 2.67 bits per heavy atom. The number of ether oxygens (including phenoxy) is 1. The van der Waals surface area contributed by atoms with Crippen LogP contribution < -0.4 is 4.74 Å². The van der Waals surface area contributed by atoms with Gasteiger partial charge in [-0.2, -0.15) is 0 Å². The Hall–Kier alpha value is -2.68. The largest absolute Gasteiger partial charge is 0.496 e. The van der Waals surface area contributed by atoms with Crippen LogP contribution in [0.25, 0.3) is 10.9 Å². The van der Waals surface area contributed by atoms with Crippen molar-refractivity contribution in [1.82, 2.24) is 4.98 Å². The minimum atomic E-state index is -0.0730. The number of hydrogen-bond acceptors (Lipinski definition) is 3. The van der Waals surface area contributed by atoms with Crippen LogP contribution in [0.4, 0.5) is 0 Å². The quantitative estimate of drug-likeness (QED) is 0.684. The highest BCUT2D eigenvalue weighted by molar-refractivity contribution is 6.16. The number of aryl methyl sites for hydroxylation is 1. The standard InChI is InChI=1S/C18H15NO2/c1-12-8-9-14(16(11-12)21-2)18(20)15-7-3-5-13-6-4-10-19-17(13)15/h3-11H,1-2H3. The minimum absolute atomic E-state index is 0.0730. The summed E-state index contributed by atoms with van der Waals surface area (Å²) < 4.78 is 5.34. The minimum Gasteiger partial charge on any atom is -0.496 e. The molecule has 3 heteroatoms. The van der Waals surface area contributed by atoms with E-state index in [4.69, 9.17) is 4.74 Å². The third kappa shape index (κ3) is 2.38. The van der Waals surface area contributed by atoms with Crippen LogP contribution in [-0.4, -0.2) is 17.9 Å². The first kappa shape index (κ1) is 13.3. The second-order valence-corrected chi connectivity index (χ2v) is 4.91. The van der Waals surface area contributed by atoms with Crippen molar-refractivity contribution < 1.29 is 9.53 Å². The maximum atomic E-state index is 12.8. The maximum Gasteiger partial charge on any atom is 0.198 e. The van der Waals surface area contributed by atoms with Gasteiger partial charge in [0, 0.05) is 17.1 Å². The van der Waals surface area contributed by atoms with Crippen LogP contribution in [0.1, 0.15) is 21.5 Å². The Labute approximate surface area is 123 Å². The molecule has 21 heavy (non-hydrogen) atoms. The summed E-state index contributed by atoms with van der Waals surface area (Å²) in [5, 5.41) is 0.953. The molecule has 0 N–H and O–H groups in total. The smallest absolute Gasteiger partial charge is 0.198 e. The van der Waals surface area contributed by atoms with E-state index in [0.29, 0.717) is 22.4 Å². The number of rotatable bonds is 3. The van der Waals surface area contributed by atoms with Crippen molar-refractivity contribution in [3.63, 3.8) is 0 Å². The molecule has 0 bridgehead atoms. The van der Waals surface area contributed by atoms with E-state index in [2.05, 4.69) is 4.98 Å². The highest BCUT2D eigenvalue weighted by Gasteiger charge is 2.17. The van der Waals surface area contributed by atoms with E-state index in [0.717, 1.165) is 10.9 Å². The van der Waals surface area contributed by atoms with E-state index < -0.39 is 0 Å². The summed E-state index contributed by atoms with van der Waals surface area (Å²) in [5.41, 5.74) is 2.92. The molecule has 3 nitrogen and oxygen atoms in total. The molecule has 104 valence electrons. The number of hydrogen-bond donors (Lipinski definition) is 0. The van der Waals surface area contributed by atoms with Gasteiger partial charge in [0.2, 0.25) is 0 Å². The fraction of sp³-hybridized carbons (Fsp3) is 0.111. The molecule has 0 unspecified atom stereocenters. The number of carbonyl (C=O) groups excluding carboxylic acids is 1. The number of methoxy groups -OCH3 is 1. The number of nitrogens with zero attached hydrogens (tertiary/aromatic N) is 1. The van der Waals surface area contributed by atoms with Gasteiger partial charge in [-0.1, -0.05) is 24.3 Å². The van der Waals surface area contributed by atoms with Crippen molar-refractivity contribution in [2.75, 3.05) is 7.11 Å². The Kier molecular flexibility index (Phi) is 3.40. The molecule has 3 rings (SSSR count). The van der Waals surface area contributed by atoms with Crippen LogP contribution >= 0.6 is 0 Å². The molecule has 0 fully saturated rings. The molecule has 0 spiro atoms. The van der Waals surface area contributed by atoms with Crippen molar-refractivity contribution >= 4 is 16.7 Å². The Morgan fingerprint density at radius 1 is 1.05 bits per heavy atom. The van der Waals surface area contributed by atoms with Gasteiger partial charge in [-0.15, -0.1) is 0 Å². The van der Waals surface area contributed by atoms with E-state index in [9.17, 15) is 4.79 Å². The Bertz CT molecular complexity index is 819. The van der Waals surface area contributed by atoms with Crippen LogP contribution in [0.15, 0.2) is 54.7 Å². The number of para-hydroxylation sites is 1. The first-order valence-electron chi connectivity index (χ1n) is 6.74. The second-order valence-electron chi connectivity index (χ2n) is 4.91. The predicted molar refractivity (Wildman–Crippen MR) is 82.9 cm³/mol. The second kappa shape index (κ2) is 5.37. The van der Waals surface area contributed by atoms with E-state index >= 15 is 0 Å². The normalized spacial score (nSPS) is 10.6. The highest BCUT2D eigenvalue weighted by Crippen LogP contribution is 2.25. The predicted octanol–water partition coefficient (Wildman–Crippen LogP) is 3.78. The molecular formula is C18H15NO2. The lowest BCUT2D eigenvalue weighted by molar-refractivity contribution is 0.103. The molecule has 0 saturated carbocycles. The lowest BCUT2D eigenvalue weighted by atomic mass is 9.99. The first-order chi connectivity index (χ1) is 10.2. The summed E-state index contributed by atoms with van der Waals surface area (Å²) >= 11 is 0. The van der Waals surface area contributed by atoms with E-state index in [1.165, 1.54) is 0 Å². The first-order valence-corrected chi connectivity index (χ1v) is 6.74. The molecular weight excluding hydrogens is 262 g/mol. The summed E-state index contributed by atoms with van der Waals surface area (Å²) in [6.07, 6.45) is 1.70. The van der Waals surface area contributed by atoms with Crippen LogP contribution in [-0.2, 0) is 0 Å². The molecule has 3 aromatic rings. The summed E-state index contributed by atoms with van der Waals surface area (Å²) in [5.74, 6) is 0.518. The number of carbonyl (C=O) groups is 1.